The fourth-order valence-corrected chi connectivity index (χ4v) is 1.86. The Kier molecular flexibility index (Phi) is 3.44. The quantitative estimate of drug-likeness (QED) is 0.781. The van der Waals surface area contributed by atoms with Crippen LogP contribution in [0.25, 0.3) is 0 Å². The van der Waals surface area contributed by atoms with Gasteiger partial charge in [-0.15, -0.1) is 0 Å². The SMILES string of the molecule is CN1C(=O)CCC(NCc2ccc(C#N)o2)C1=O. The third-order valence-electron chi connectivity index (χ3n) is 2.94. The van der Waals surface area contributed by atoms with Gasteiger partial charge in [-0.2, -0.15) is 5.26 Å². The predicted octanol–water partition coefficient (Wildman–Crippen LogP) is 0.388. The molecule has 1 aliphatic rings. The van der Waals surface area contributed by atoms with Gasteiger partial charge in [0.15, 0.2) is 0 Å². The highest BCUT2D eigenvalue weighted by atomic mass is 16.3. The van der Waals surface area contributed by atoms with E-state index in [9.17, 15) is 9.59 Å². The molecule has 6 heteroatoms. The van der Waals surface area contributed by atoms with Crippen LogP contribution in [0.5, 0.6) is 0 Å². The van der Waals surface area contributed by atoms with Gasteiger partial charge in [-0.3, -0.25) is 19.8 Å². The summed E-state index contributed by atoms with van der Waals surface area (Å²) in [5.41, 5.74) is 0. The lowest BCUT2D eigenvalue weighted by Gasteiger charge is -2.27. The number of hydrogen-bond donors (Lipinski definition) is 1. The second-order valence-corrected chi connectivity index (χ2v) is 4.14. The van der Waals surface area contributed by atoms with Crippen LogP contribution in [0.15, 0.2) is 16.5 Å². The topological polar surface area (TPSA) is 86.3 Å². The minimum Gasteiger partial charge on any atom is -0.449 e. The van der Waals surface area contributed by atoms with Gasteiger partial charge in [-0.25, -0.2) is 0 Å². The number of furan rings is 1. The highest BCUT2D eigenvalue weighted by Gasteiger charge is 2.31. The number of nitrogens with zero attached hydrogens (tertiary/aromatic N) is 2. The number of carbonyl (C=O) groups excluding carboxylic acids is 2. The van der Waals surface area contributed by atoms with E-state index in [1.807, 2.05) is 6.07 Å². The van der Waals surface area contributed by atoms with E-state index in [1.54, 1.807) is 12.1 Å². The van der Waals surface area contributed by atoms with Crippen molar-refractivity contribution in [2.45, 2.75) is 25.4 Å². The van der Waals surface area contributed by atoms with Crippen molar-refractivity contribution in [3.05, 3.63) is 23.7 Å². The largest absolute Gasteiger partial charge is 0.449 e. The molecule has 1 aliphatic heterocycles. The van der Waals surface area contributed by atoms with Gasteiger partial charge in [-0.1, -0.05) is 0 Å². The Morgan fingerprint density at radius 1 is 1.56 bits per heavy atom. The first kappa shape index (κ1) is 12.3. The molecule has 0 aromatic carbocycles. The molecule has 0 saturated carbocycles. The summed E-state index contributed by atoms with van der Waals surface area (Å²) in [6, 6.07) is 4.79. The van der Waals surface area contributed by atoms with E-state index in [-0.39, 0.29) is 23.6 Å². The zero-order valence-electron chi connectivity index (χ0n) is 9.97. The molecule has 1 aromatic heterocycles. The monoisotopic (exact) mass is 247 g/mol. The second-order valence-electron chi connectivity index (χ2n) is 4.14. The summed E-state index contributed by atoms with van der Waals surface area (Å²) < 4.78 is 5.19. The van der Waals surface area contributed by atoms with Crippen molar-refractivity contribution in [2.75, 3.05) is 7.05 Å². The van der Waals surface area contributed by atoms with Crippen LogP contribution in [0, 0.1) is 11.3 Å². The van der Waals surface area contributed by atoms with Gasteiger partial charge in [0.05, 0.1) is 12.6 Å². The summed E-state index contributed by atoms with van der Waals surface area (Å²) in [5, 5.41) is 11.6. The Bertz CT molecular complexity index is 515. The Morgan fingerprint density at radius 3 is 3.00 bits per heavy atom. The van der Waals surface area contributed by atoms with Crippen LogP contribution in [-0.4, -0.2) is 29.8 Å². The van der Waals surface area contributed by atoms with Crippen LogP contribution in [-0.2, 0) is 16.1 Å². The summed E-state index contributed by atoms with van der Waals surface area (Å²) in [6.07, 6.45) is 0.856. The van der Waals surface area contributed by atoms with Crippen LogP contribution in [0.4, 0.5) is 0 Å². The molecule has 1 unspecified atom stereocenters. The summed E-state index contributed by atoms with van der Waals surface area (Å²) in [4.78, 5) is 24.2. The van der Waals surface area contributed by atoms with Crippen LogP contribution in [0.3, 0.4) is 0 Å². The first-order chi connectivity index (χ1) is 8.61. The number of likely N-dealkylation sites (tertiary alicyclic amines) is 1. The molecule has 2 amide bonds. The molecule has 0 spiro atoms. The molecule has 2 rings (SSSR count). The zero-order valence-corrected chi connectivity index (χ0v) is 9.97. The van der Waals surface area contributed by atoms with Crippen molar-refractivity contribution in [2.24, 2.45) is 0 Å². The molecule has 1 N–H and O–H groups in total. The van der Waals surface area contributed by atoms with Crippen molar-refractivity contribution in [1.29, 1.82) is 5.26 Å². The van der Waals surface area contributed by atoms with Crippen molar-refractivity contribution in [1.82, 2.24) is 10.2 Å². The van der Waals surface area contributed by atoms with Crippen molar-refractivity contribution < 1.29 is 14.0 Å². The molecule has 2 heterocycles. The van der Waals surface area contributed by atoms with Crippen molar-refractivity contribution in [3.63, 3.8) is 0 Å². The fraction of sp³-hybridized carbons (Fsp3) is 0.417. The summed E-state index contributed by atoms with van der Waals surface area (Å²) in [6.45, 7) is 0.361. The van der Waals surface area contributed by atoms with Gasteiger partial charge in [0.1, 0.15) is 11.8 Å². The molecule has 1 atom stereocenters. The summed E-state index contributed by atoms with van der Waals surface area (Å²) >= 11 is 0. The number of likely N-dealkylation sites (N-methyl/N-ethyl adjacent to an activating group) is 1. The minimum atomic E-state index is -0.372. The summed E-state index contributed by atoms with van der Waals surface area (Å²) in [7, 11) is 1.49. The Labute approximate surface area is 104 Å². The Hall–Kier alpha value is -2.13. The molecule has 94 valence electrons. The molecule has 1 saturated heterocycles. The molecule has 0 radical (unpaired) electrons. The van der Waals surface area contributed by atoms with Crippen LogP contribution in [0.1, 0.15) is 24.4 Å². The molecular formula is C12H13N3O3. The van der Waals surface area contributed by atoms with Gasteiger partial charge < -0.3 is 4.42 Å². The van der Waals surface area contributed by atoms with Gasteiger partial charge in [0, 0.05) is 13.5 Å². The predicted molar refractivity (Wildman–Crippen MR) is 61.1 cm³/mol. The standard InChI is InChI=1S/C12H13N3O3/c1-15-11(16)5-4-10(12(15)17)14-7-9-3-2-8(6-13)18-9/h2-3,10,14H,4-5,7H2,1H3. The lowest BCUT2D eigenvalue weighted by molar-refractivity contribution is -0.148. The second kappa shape index (κ2) is 5.02. The maximum absolute atomic E-state index is 11.8. The normalized spacial score (nSPS) is 20.0. The Morgan fingerprint density at radius 2 is 2.33 bits per heavy atom. The highest BCUT2D eigenvalue weighted by Crippen LogP contribution is 2.13. The maximum Gasteiger partial charge on any atom is 0.246 e. The third kappa shape index (κ3) is 2.41. The van der Waals surface area contributed by atoms with E-state index >= 15 is 0 Å². The number of nitrogens with one attached hydrogen (secondary N) is 1. The van der Waals surface area contributed by atoms with Gasteiger partial charge in [-0.05, 0) is 18.6 Å². The molecule has 6 nitrogen and oxygen atoms in total. The first-order valence-electron chi connectivity index (χ1n) is 5.64. The number of nitriles is 1. The van der Waals surface area contributed by atoms with E-state index in [4.69, 9.17) is 9.68 Å². The van der Waals surface area contributed by atoms with E-state index in [1.165, 1.54) is 7.05 Å². The smallest absolute Gasteiger partial charge is 0.246 e. The zero-order chi connectivity index (χ0) is 13.1. The van der Waals surface area contributed by atoms with Crippen LogP contribution >= 0.6 is 0 Å². The lowest BCUT2D eigenvalue weighted by Crippen LogP contribution is -2.51. The lowest BCUT2D eigenvalue weighted by atomic mass is 10.0. The number of hydrogen-bond acceptors (Lipinski definition) is 5. The van der Waals surface area contributed by atoms with Crippen molar-refractivity contribution in [3.8, 4) is 6.07 Å². The molecule has 1 aromatic rings. The molecule has 18 heavy (non-hydrogen) atoms. The van der Waals surface area contributed by atoms with Crippen LogP contribution in [0.2, 0.25) is 0 Å². The van der Waals surface area contributed by atoms with Gasteiger partial charge in [0.25, 0.3) is 0 Å². The van der Waals surface area contributed by atoms with E-state index in [2.05, 4.69) is 5.32 Å². The number of amides is 2. The third-order valence-corrected chi connectivity index (χ3v) is 2.94. The molecular weight excluding hydrogens is 234 g/mol. The maximum atomic E-state index is 11.8. The average Bonchev–Trinajstić information content (AvgIpc) is 2.83. The number of imide groups is 1. The van der Waals surface area contributed by atoms with Gasteiger partial charge in [0.2, 0.25) is 17.6 Å². The molecule has 0 aliphatic carbocycles. The first-order valence-corrected chi connectivity index (χ1v) is 5.64. The molecule has 1 fully saturated rings. The fourth-order valence-electron chi connectivity index (χ4n) is 1.86. The average molecular weight is 247 g/mol. The number of carbonyl (C=O) groups is 2. The number of rotatable bonds is 3. The Balaban J connectivity index is 1.92. The van der Waals surface area contributed by atoms with Crippen LogP contribution < -0.4 is 5.32 Å². The molecule has 0 bridgehead atoms. The van der Waals surface area contributed by atoms with E-state index in [0.717, 1.165) is 4.90 Å². The van der Waals surface area contributed by atoms with Gasteiger partial charge >= 0.3 is 0 Å². The van der Waals surface area contributed by atoms with Crippen molar-refractivity contribution >= 4 is 11.8 Å². The number of piperidine rings is 1. The van der Waals surface area contributed by atoms with E-state index < -0.39 is 0 Å². The summed E-state index contributed by atoms with van der Waals surface area (Å²) in [5.74, 6) is 0.467. The minimum absolute atomic E-state index is 0.150. The van der Waals surface area contributed by atoms with E-state index in [0.29, 0.717) is 25.1 Å². The highest BCUT2D eigenvalue weighted by molar-refractivity contribution is 6.00.